The second-order valence-electron chi connectivity index (χ2n) is 4.83. The first-order valence-corrected chi connectivity index (χ1v) is 6.20. The lowest BCUT2D eigenvalue weighted by Crippen LogP contribution is -2.25. The number of rotatable bonds is 3. The first-order chi connectivity index (χ1) is 8.20. The normalized spacial score (nSPS) is 24.6. The number of carbonyl (C=O) groups excluding carboxylic acids is 1. The minimum absolute atomic E-state index is 0.0552. The molecular weight excluding hydrogens is 217 g/mol. The zero-order valence-electron chi connectivity index (χ0n) is 9.86. The predicted molar refractivity (Wildman–Crippen MR) is 65.2 cm³/mol. The SMILES string of the molecule is NCC1CCC(C(=O)c2cccc(F)c2)CC1. The lowest BCUT2D eigenvalue weighted by atomic mass is 9.78. The van der Waals surface area contributed by atoms with E-state index in [1.54, 1.807) is 12.1 Å². The summed E-state index contributed by atoms with van der Waals surface area (Å²) in [6, 6.07) is 5.98. The fraction of sp³-hybridized carbons (Fsp3) is 0.500. The number of hydrogen-bond acceptors (Lipinski definition) is 2. The van der Waals surface area contributed by atoms with Crippen LogP contribution < -0.4 is 5.73 Å². The third-order valence-corrected chi connectivity index (χ3v) is 3.66. The van der Waals surface area contributed by atoms with Crippen molar-refractivity contribution in [1.29, 1.82) is 0 Å². The summed E-state index contributed by atoms with van der Waals surface area (Å²) in [6.07, 6.45) is 3.80. The highest BCUT2D eigenvalue weighted by molar-refractivity contribution is 5.97. The van der Waals surface area contributed by atoms with Crippen LogP contribution in [0.4, 0.5) is 4.39 Å². The standard InChI is InChI=1S/C14H18FNO/c15-13-3-1-2-12(8-13)14(17)11-6-4-10(9-16)5-7-11/h1-3,8,10-11H,4-7,9,16H2. The summed E-state index contributed by atoms with van der Waals surface area (Å²) in [5, 5.41) is 0. The molecular formula is C14H18FNO. The molecule has 0 atom stereocenters. The fourth-order valence-electron chi connectivity index (χ4n) is 2.54. The van der Waals surface area contributed by atoms with Gasteiger partial charge in [0.15, 0.2) is 5.78 Å². The molecule has 0 unspecified atom stereocenters. The number of carbonyl (C=O) groups is 1. The maximum Gasteiger partial charge on any atom is 0.166 e. The van der Waals surface area contributed by atoms with Gasteiger partial charge >= 0.3 is 0 Å². The van der Waals surface area contributed by atoms with E-state index in [9.17, 15) is 9.18 Å². The molecule has 1 fully saturated rings. The molecule has 0 aromatic heterocycles. The summed E-state index contributed by atoms with van der Waals surface area (Å²) in [4.78, 5) is 12.1. The highest BCUT2D eigenvalue weighted by Crippen LogP contribution is 2.30. The molecule has 2 nitrogen and oxygen atoms in total. The zero-order valence-corrected chi connectivity index (χ0v) is 9.86. The first kappa shape index (κ1) is 12.2. The van der Waals surface area contributed by atoms with Crippen LogP contribution in [0.1, 0.15) is 36.0 Å². The number of nitrogens with two attached hydrogens (primary N) is 1. The maximum atomic E-state index is 13.0. The van der Waals surface area contributed by atoms with Crippen LogP contribution in [0.5, 0.6) is 0 Å². The second-order valence-corrected chi connectivity index (χ2v) is 4.83. The van der Waals surface area contributed by atoms with Crippen molar-refractivity contribution in [2.45, 2.75) is 25.7 Å². The van der Waals surface area contributed by atoms with E-state index in [-0.39, 0.29) is 17.5 Å². The van der Waals surface area contributed by atoms with E-state index in [0.717, 1.165) is 25.7 Å². The van der Waals surface area contributed by atoms with Crippen LogP contribution in [0.2, 0.25) is 0 Å². The molecule has 17 heavy (non-hydrogen) atoms. The summed E-state index contributed by atoms with van der Waals surface area (Å²) in [6.45, 7) is 0.709. The van der Waals surface area contributed by atoms with Gasteiger partial charge in [0, 0.05) is 11.5 Å². The average molecular weight is 235 g/mol. The van der Waals surface area contributed by atoms with Crippen LogP contribution in [0.25, 0.3) is 0 Å². The van der Waals surface area contributed by atoms with Crippen molar-refractivity contribution >= 4 is 5.78 Å². The Morgan fingerprint density at radius 1 is 1.29 bits per heavy atom. The third kappa shape index (κ3) is 2.91. The molecule has 0 spiro atoms. The first-order valence-electron chi connectivity index (χ1n) is 6.20. The topological polar surface area (TPSA) is 43.1 Å². The molecule has 0 aliphatic heterocycles. The molecule has 3 heteroatoms. The van der Waals surface area contributed by atoms with Gasteiger partial charge in [-0.15, -0.1) is 0 Å². The Morgan fingerprint density at radius 3 is 2.59 bits per heavy atom. The van der Waals surface area contributed by atoms with Crippen LogP contribution in [-0.4, -0.2) is 12.3 Å². The molecule has 92 valence electrons. The Morgan fingerprint density at radius 2 is 2.00 bits per heavy atom. The number of benzene rings is 1. The molecule has 1 aliphatic carbocycles. The Balaban J connectivity index is 2.02. The largest absolute Gasteiger partial charge is 0.330 e. The molecule has 0 radical (unpaired) electrons. The van der Waals surface area contributed by atoms with Crippen molar-refractivity contribution in [1.82, 2.24) is 0 Å². The Kier molecular flexibility index (Phi) is 3.89. The van der Waals surface area contributed by atoms with Crippen LogP contribution in [0.15, 0.2) is 24.3 Å². The lowest BCUT2D eigenvalue weighted by Gasteiger charge is -2.26. The zero-order chi connectivity index (χ0) is 12.3. The smallest absolute Gasteiger partial charge is 0.166 e. The summed E-state index contributed by atoms with van der Waals surface area (Å²) in [5.41, 5.74) is 6.12. The van der Waals surface area contributed by atoms with Gasteiger partial charge < -0.3 is 5.73 Å². The molecule has 0 amide bonds. The number of halogens is 1. The van der Waals surface area contributed by atoms with Crippen LogP contribution in [0.3, 0.4) is 0 Å². The van der Waals surface area contributed by atoms with Gasteiger partial charge in [-0.05, 0) is 50.3 Å². The summed E-state index contributed by atoms with van der Waals surface area (Å²) in [5.74, 6) is 0.359. The summed E-state index contributed by atoms with van der Waals surface area (Å²) >= 11 is 0. The monoisotopic (exact) mass is 235 g/mol. The second kappa shape index (κ2) is 5.41. The van der Waals surface area contributed by atoms with Gasteiger partial charge in [0.2, 0.25) is 0 Å². The molecule has 2 N–H and O–H groups in total. The van der Waals surface area contributed by atoms with Gasteiger partial charge in [0.25, 0.3) is 0 Å². The van der Waals surface area contributed by atoms with Crippen LogP contribution >= 0.6 is 0 Å². The third-order valence-electron chi connectivity index (χ3n) is 3.66. The number of ketones is 1. The van der Waals surface area contributed by atoms with E-state index in [1.165, 1.54) is 12.1 Å². The van der Waals surface area contributed by atoms with E-state index in [2.05, 4.69) is 0 Å². The van der Waals surface area contributed by atoms with Gasteiger partial charge in [0.05, 0.1) is 0 Å². The fourth-order valence-corrected chi connectivity index (χ4v) is 2.54. The van der Waals surface area contributed by atoms with E-state index in [0.29, 0.717) is 18.0 Å². The van der Waals surface area contributed by atoms with Crippen molar-refractivity contribution in [3.8, 4) is 0 Å². The molecule has 1 aromatic rings. The van der Waals surface area contributed by atoms with Crippen molar-refractivity contribution in [2.24, 2.45) is 17.6 Å². The van der Waals surface area contributed by atoms with E-state index in [4.69, 9.17) is 5.73 Å². The quantitative estimate of drug-likeness (QED) is 0.819. The molecule has 1 saturated carbocycles. The minimum atomic E-state index is -0.341. The highest BCUT2D eigenvalue weighted by atomic mass is 19.1. The van der Waals surface area contributed by atoms with Gasteiger partial charge in [0.1, 0.15) is 5.82 Å². The molecule has 0 saturated heterocycles. The van der Waals surface area contributed by atoms with Gasteiger partial charge in [-0.3, -0.25) is 4.79 Å². The molecule has 0 heterocycles. The number of hydrogen-bond donors (Lipinski definition) is 1. The molecule has 0 bridgehead atoms. The van der Waals surface area contributed by atoms with Crippen molar-refractivity contribution < 1.29 is 9.18 Å². The van der Waals surface area contributed by atoms with Gasteiger partial charge in [-0.25, -0.2) is 4.39 Å². The van der Waals surface area contributed by atoms with Crippen LogP contribution in [-0.2, 0) is 0 Å². The Hall–Kier alpha value is -1.22. The summed E-state index contributed by atoms with van der Waals surface area (Å²) in [7, 11) is 0. The average Bonchev–Trinajstić information content (AvgIpc) is 2.38. The van der Waals surface area contributed by atoms with Gasteiger partial charge in [-0.1, -0.05) is 12.1 Å². The lowest BCUT2D eigenvalue weighted by molar-refractivity contribution is 0.0873. The van der Waals surface area contributed by atoms with Crippen LogP contribution in [0, 0.1) is 17.7 Å². The Bertz CT molecular complexity index is 397. The van der Waals surface area contributed by atoms with E-state index >= 15 is 0 Å². The number of Topliss-reactive ketones (excluding diaryl/α,β-unsaturated/α-hetero) is 1. The van der Waals surface area contributed by atoms with Crippen molar-refractivity contribution in [3.05, 3.63) is 35.6 Å². The molecule has 1 aliphatic rings. The minimum Gasteiger partial charge on any atom is -0.330 e. The Labute approximate surface area is 101 Å². The maximum absolute atomic E-state index is 13.0. The predicted octanol–water partition coefficient (Wildman–Crippen LogP) is 2.77. The molecule has 1 aromatic carbocycles. The van der Waals surface area contributed by atoms with E-state index in [1.807, 2.05) is 0 Å². The highest BCUT2D eigenvalue weighted by Gasteiger charge is 2.26. The summed E-state index contributed by atoms with van der Waals surface area (Å²) < 4.78 is 13.0. The molecule has 2 rings (SSSR count). The van der Waals surface area contributed by atoms with Gasteiger partial charge in [-0.2, -0.15) is 0 Å². The van der Waals surface area contributed by atoms with Crippen molar-refractivity contribution in [3.63, 3.8) is 0 Å². The van der Waals surface area contributed by atoms with E-state index < -0.39 is 0 Å². The van der Waals surface area contributed by atoms with Crippen molar-refractivity contribution in [2.75, 3.05) is 6.54 Å².